The van der Waals surface area contributed by atoms with Crippen LogP contribution in [0.5, 0.6) is 5.75 Å². The van der Waals surface area contributed by atoms with Crippen LogP contribution < -0.4 is 4.74 Å². The molecule has 0 unspecified atom stereocenters. The van der Waals surface area contributed by atoms with Gasteiger partial charge in [-0.05, 0) is 38.3 Å². The Morgan fingerprint density at radius 3 is 2.70 bits per heavy atom. The van der Waals surface area contributed by atoms with E-state index in [2.05, 4.69) is 22.9 Å². The van der Waals surface area contributed by atoms with Gasteiger partial charge in [0.25, 0.3) is 0 Å². The van der Waals surface area contributed by atoms with Gasteiger partial charge < -0.3 is 13.9 Å². The number of likely N-dealkylation sites (tertiary alicyclic amines) is 1. The molecular weight excluding hydrogens is 292 g/mol. The summed E-state index contributed by atoms with van der Waals surface area (Å²) >= 11 is 0. The number of nitrogens with zero attached hydrogens (tertiary/aromatic N) is 2. The molecule has 0 aliphatic carbocycles. The van der Waals surface area contributed by atoms with Crippen LogP contribution in [0.3, 0.4) is 0 Å². The summed E-state index contributed by atoms with van der Waals surface area (Å²) in [4.78, 5) is 7.04. The SMILES string of the molecule is CCOC1CCN(Cc2c(OC)cc(C)c3oc(C)nc23)CC1. The van der Waals surface area contributed by atoms with Crippen molar-refractivity contribution in [2.24, 2.45) is 0 Å². The lowest BCUT2D eigenvalue weighted by Crippen LogP contribution is -2.36. The number of oxazole rings is 1. The Balaban J connectivity index is 1.84. The summed E-state index contributed by atoms with van der Waals surface area (Å²) in [6, 6.07) is 2.05. The molecule has 5 nitrogen and oxygen atoms in total. The smallest absolute Gasteiger partial charge is 0.192 e. The van der Waals surface area contributed by atoms with Crippen molar-refractivity contribution in [1.29, 1.82) is 0 Å². The highest BCUT2D eigenvalue weighted by atomic mass is 16.5. The van der Waals surface area contributed by atoms with E-state index in [0.717, 1.165) is 67.1 Å². The summed E-state index contributed by atoms with van der Waals surface area (Å²) in [5.74, 6) is 1.60. The maximum absolute atomic E-state index is 5.77. The lowest BCUT2D eigenvalue weighted by atomic mass is 10.0. The summed E-state index contributed by atoms with van der Waals surface area (Å²) in [6.45, 7) is 9.71. The van der Waals surface area contributed by atoms with Gasteiger partial charge >= 0.3 is 0 Å². The molecule has 1 aliphatic heterocycles. The van der Waals surface area contributed by atoms with Gasteiger partial charge in [-0.3, -0.25) is 4.90 Å². The molecule has 5 heteroatoms. The van der Waals surface area contributed by atoms with E-state index >= 15 is 0 Å². The van der Waals surface area contributed by atoms with E-state index in [1.807, 2.05) is 13.8 Å². The van der Waals surface area contributed by atoms with Crippen LogP contribution >= 0.6 is 0 Å². The van der Waals surface area contributed by atoms with Crippen molar-refractivity contribution in [1.82, 2.24) is 9.88 Å². The maximum atomic E-state index is 5.77. The number of methoxy groups -OCH3 is 1. The minimum absolute atomic E-state index is 0.408. The molecule has 0 bridgehead atoms. The zero-order valence-corrected chi connectivity index (χ0v) is 14.5. The van der Waals surface area contributed by atoms with Crippen LogP contribution in [0.25, 0.3) is 11.1 Å². The third-order valence-corrected chi connectivity index (χ3v) is 4.56. The molecule has 0 N–H and O–H groups in total. The maximum Gasteiger partial charge on any atom is 0.192 e. The summed E-state index contributed by atoms with van der Waals surface area (Å²) in [6.07, 6.45) is 2.58. The van der Waals surface area contributed by atoms with Gasteiger partial charge in [0, 0.05) is 38.7 Å². The molecule has 0 atom stereocenters. The first-order valence-electron chi connectivity index (χ1n) is 8.40. The molecule has 2 heterocycles. The van der Waals surface area contributed by atoms with Crippen LogP contribution in [0.2, 0.25) is 0 Å². The second-order valence-electron chi connectivity index (χ2n) is 6.22. The first-order chi connectivity index (χ1) is 11.1. The quantitative estimate of drug-likeness (QED) is 0.845. The third-order valence-electron chi connectivity index (χ3n) is 4.56. The number of aromatic nitrogens is 1. The van der Waals surface area contributed by atoms with Crippen LogP contribution in [0.4, 0.5) is 0 Å². The number of hydrogen-bond donors (Lipinski definition) is 0. The van der Waals surface area contributed by atoms with Crippen molar-refractivity contribution in [3.05, 3.63) is 23.1 Å². The van der Waals surface area contributed by atoms with E-state index in [-0.39, 0.29) is 0 Å². The summed E-state index contributed by atoms with van der Waals surface area (Å²) in [5, 5.41) is 0. The average molecular weight is 318 g/mol. The number of fused-ring (bicyclic) bond motifs is 1. The molecular formula is C18H26N2O3. The van der Waals surface area contributed by atoms with Crippen LogP contribution in [0.15, 0.2) is 10.5 Å². The minimum Gasteiger partial charge on any atom is -0.496 e. The van der Waals surface area contributed by atoms with Gasteiger partial charge in [0.15, 0.2) is 11.5 Å². The Labute approximate surface area is 137 Å². The molecule has 1 aliphatic rings. The molecule has 0 amide bonds. The Morgan fingerprint density at radius 2 is 2.04 bits per heavy atom. The molecule has 1 saturated heterocycles. The second kappa shape index (κ2) is 6.89. The zero-order chi connectivity index (χ0) is 16.4. The van der Waals surface area contributed by atoms with Crippen molar-refractivity contribution >= 4 is 11.1 Å². The molecule has 1 aromatic carbocycles. The molecule has 0 saturated carbocycles. The zero-order valence-electron chi connectivity index (χ0n) is 14.5. The lowest BCUT2D eigenvalue weighted by molar-refractivity contribution is 0.0125. The van der Waals surface area contributed by atoms with E-state index in [4.69, 9.17) is 13.9 Å². The van der Waals surface area contributed by atoms with E-state index in [9.17, 15) is 0 Å². The van der Waals surface area contributed by atoms with Crippen molar-refractivity contribution in [3.8, 4) is 5.75 Å². The van der Waals surface area contributed by atoms with Crippen LogP contribution in [-0.2, 0) is 11.3 Å². The Kier molecular flexibility index (Phi) is 4.87. The number of hydrogen-bond acceptors (Lipinski definition) is 5. The lowest BCUT2D eigenvalue weighted by Gasteiger charge is -2.32. The Hall–Kier alpha value is -1.59. The van der Waals surface area contributed by atoms with Crippen molar-refractivity contribution in [3.63, 3.8) is 0 Å². The van der Waals surface area contributed by atoms with Gasteiger partial charge in [-0.15, -0.1) is 0 Å². The summed E-state index contributed by atoms with van der Waals surface area (Å²) in [7, 11) is 1.72. The molecule has 23 heavy (non-hydrogen) atoms. The number of aryl methyl sites for hydroxylation is 2. The fourth-order valence-electron chi connectivity index (χ4n) is 3.39. The van der Waals surface area contributed by atoms with Crippen molar-refractivity contribution < 1.29 is 13.9 Å². The Bertz CT molecular complexity index is 672. The van der Waals surface area contributed by atoms with Crippen LogP contribution in [0.1, 0.15) is 36.8 Å². The normalized spacial score (nSPS) is 17.0. The summed E-state index contributed by atoms with van der Waals surface area (Å²) in [5.41, 5.74) is 4.00. The van der Waals surface area contributed by atoms with Gasteiger partial charge in [-0.25, -0.2) is 4.98 Å². The molecule has 0 spiro atoms. The fraction of sp³-hybridized carbons (Fsp3) is 0.611. The number of rotatable bonds is 5. The standard InChI is InChI=1S/C18H26N2O3/c1-5-22-14-6-8-20(9-7-14)11-15-16(21-4)10-12(2)18-17(15)19-13(3)23-18/h10,14H,5-9,11H2,1-4H3. The van der Waals surface area contributed by atoms with E-state index in [1.54, 1.807) is 7.11 Å². The minimum atomic E-state index is 0.408. The third kappa shape index (κ3) is 3.35. The monoisotopic (exact) mass is 318 g/mol. The van der Waals surface area contributed by atoms with Gasteiger partial charge in [-0.1, -0.05) is 0 Å². The van der Waals surface area contributed by atoms with E-state index < -0.39 is 0 Å². The van der Waals surface area contributed by atoms with Gasteiger partial charge in [0.05, 0.1) is 13.2 Å². The van der Waals surface area contributed by atoms with Gasteiger partial charge in [0.2, 0.25) is 0 Å². The summed E-state index contributed by atoms with van der Waals surface area (Å²) < 4.78 is 17.1. The first kappa shape index (κ1) is 16.3. The number of piperidine rings is 1. The predicted molar refractivity (Wildman–Crippen MR) is 90.0 cm³/mol. The van der Waals surface area contributed by atoms with Crippen molar-refractivity contribution in [2.45, 2.75) is 46.3 Å². The van der Waals surface area contributed by atoms with Gasteiger partial charge in [-0.2, -0.15) is 0 Å². The molecule has 0 radical (unpaired) electrons. The van der Waals surface area contributed by atoms with E-state index in [0.29, 0.717) is 12.0 Å². The van der Waals surface area contributed by atoms with E-state index in [1.165, 1.54) is 0 Å². The molecule has 126 valence electrons. The molecule has 2 aromatic rings. The number of ether oxygens (including phenoxy) is 2. The topological polar surface area (TPSA) is 47.7 Å². The highest BCUT2D eigenvalue weighted by Gasteiger charge is 2.23. The van der Waals surface area contributed by atoms with Crippen molar-refractivity contribution in [2.75, 3.05) is 26.8 Å². The molecule has 1 aromatic heterocycles. The molecule has 3 rings (SSSR count). The number of benzene rings is 1. The highest BCUT2D eigenvalue weighted by molar-refractivity contribution is 5.82. The fourth-order valence-corrected chi connectivity index (χ4v) is 3.39. The molecule has 1 fully saturated rings. The van der Waals surface area contributed by atoms with Crippen LogP contribution in [-0.4, -0.2) is 42.8 Å². The average Bonchev–Trinajstić information content (AvgIpc) is 2.94. The predicted octanol–water partition coefficient (Wildman–Crippen LogP) is 3.45. The highest BCUT2D eigenvalue weighted by Crippen LogP contribution is 2.33. The first-order valence-corrected chi connectivity index (χ1v) is 8.40. The Morgan fingerprint density at radius 1 is 1.30 bits per heavy atom. The van der Waals surface area contributed by atoms with Gasteiger partial charge in [0.1, 0.15) is 11.3 Å². The largest absolute Gasteiger partial charge is 0.496 e. The second-order valence-corrected chi connectivity index (χ2v) is 6.22. The van der Waals surface area contributed by atoms with Crippen LogP contribution in [0, 0.1) is 13.8 Å².